The Morgan fingerprint density at radius 1 is 1.03 bits per heavy atom. The smallest absolute Gasteiger partial charge is 0.307 e. The summed E-state index contributed by atoms with van der Waals surface area (Å²) in [4.78, 5) is 13.8. The molecule has 1 N–H and O–H groups in total. The van der Waals surface area contributed by atoms with E-state index in [4.69, 9.17) is 21.4 Å². The van der Waals surface area contributed by atoms with Gasteiger partial charge in [-0.25, -0.2) is 0 Å². The normalized spacial score (nSPS) is 10.6. The molecule has 5 nitrogen and oxygen atoms in total. The summed E-state index contributed by atoms with van der Waals surface area (Å²) in [6.07, 6.45) is 1.88. The Balaban J connectivity index is 1.79. The van der Waals surface area contributed by atoms with E-state index in [9.17, 15) is 4.79 Å². The first-order chi connectivity index (χ1) is 14.7. The molecule has 0 atom stereocenters. The average Bonchev–Trinajstić information content (AvgIpc) is 3.29. The van der Waals surface area contributed by atoms with Gasteiger partial charge in [0.2, 0.25) is 0 Å². The number of benzene rings is 2. The predicted octanol–water partition coefficient (Wildman–Crippen LogP) is 4.70. The minimum Gasteiger partial charge on any atom is -0.467 e. The van der Waals surface area contributed by atoms with Crippen molar-refractivity contribution in [1.82, 2.24) is 10.2 Å². The standard InChI is InChI=1S/C24H26N2O3S/c1-2-28-22(27)15-16-26(18-21-14-9-17-29-21)24(30)25-23(19-10-5-3-6-11-19)20-12-7-4-8-13-20/h3-14,17,23H,2,15-16,18H2,1H3,(H,25,30). The van der Waals surface area contributed by atoms with Crippen molar-refractivity contribution in [2.75, 3.05) is 13.2 Å². The molecule has 0 aliphatic carbocycles. The number of hydrogen-bond donors (Lipinski definition) is 1. The van der Waals surface area contributed by atoms with Crippen LogP contribution in [-0.2, 0) is 16.1 Å². The second-order valence-electron chi connectivity index (χ2n) is 6.76. The largest absolute Gasteiger partial charge is 0.467 e. The van der Waals surface area contributed by atoms with Crippen LogP contribution in [0.2, 0.25) is 0 Å². The third-order valence-electron chi connectivity index (χ3n) is 4.64. The number of carbonyl (C=O) groups is 1. The summed E-state index contributed by atoms with van der Waals surface area (Å²) in [6.45, 7) is 3.06. The van der Waals surface area contributed by atoms with E-state index in [0.717, 1.165) is 16.9 Å². The van der Waals surface area contributed by atoms with Gasteiger partial charge in [0.25, 0.3) is 0 Å². The Morgan fingerprint density at radius 2 is 1.67 bits per heavy atom. The number of furan rings is 1. The fraction of sp³-hybridized carbons (Fsp3) is 0.250. The third kappa shape index (κ3) is 6.19. The lowest BCUT2D eigenvalue weighted by Gasteiger charge is -2.29. The van der Waals surface area contributed by atoms with Crippen LogP contribution in [0.1, 0.15) is 36.3 Å². The molecule has 0 aliphatic heterocycles. The van der Waals surface area contributed by atoms with Crippen molar-refractivity contribution in [2.45, 2.75) is 25.9 Å². The van der Waals surface area contributed by atoms with Crippen LogP contribution < -0.4 is 5.32 Å². The van der Waals surface area contributed by atoms with Gasteiger partial charge in [-0.3, -0.25) is 4.79 Å². The van der Waals surface area contributed by atoms with Crippen LogP contribution in [0.5, 0.6) is 0 Å². The van der Waals surface area contributed by atoms with Crippen molar-refractivity contribution in [3.8, 4) is 0 Å². The van der Waals surface area contributed by atoms with Crippen LogP contribution >= 0.6 is 12.2 Å². The van der Waals surface area contributed by atoms with Crippen molar-refractivity contribution < 1.29 is 13.9 Å². The Labute approximate surface area is 182 Å². The van der Waals surface area contributed by atoms with Gasteiger partial charge < -0.3 is 19.4 Å². The van der Waals surface area contributed by atoms with E-state index in [2.05, 4.69) is 29.6 Å². The first kappa shape index (κ1) is 21.6. The van der Waals surface area contributed by atoms with Gasteiger partial charge >= 0.3 is 5.97 Å². The van der Waals surface area contributed by atoms with Gasteiger partial charge in [0.1, 0.15) is 5.76 Å². The van der Waals surface area contributed by atoms with E-state index in [-0.39, 0.29) is 18.4 Å². The molecule has 0 radical (unpaired) electrons. The molecule has 0 bridgehead atoms. The highest BCUT2D eigenvalue weighted by Gasteiger charge is 2.20. The number of nitrogens with zero attached hydrogens (tertiary/aromatic N) is 1. The molecule has 3 aromatic rings. The molecular weight excluding hydrogens is 396 g/mol. The zero-order valence-corrected chi connectivity index (χ0v) is 17.8. The van der Waals surface area contributed by atoms with E-state index in [1.54, 1.807) is 13.2 Å². The van der Waals surface area contributed by atoms with Crippen LogP contribution in [0, 0.1) is 0 Å². The average molecular weight is 423 g/mol. The molecule has 0 spiro atoms. The Hall–Kier alpha value is -3.12. The van der Waals surface area contributed by atoms with Crippen molar-refractivity contribution in [1.29, 1.82) is 0 Å². The Morgan fingerprint density at radius 3 is 2.20 bits per heavy atom. The minimum absolute atomic E-state index is 0.110. The number of esters is 1. The second kappa shape index (κ2) is 11.2. The number of carbonyl (C=O) groups excluding carboxylic acids is 1. The van der Waals surface area contributed by atoms with Crippen LogP contribution in [0.25, 0.3) is 0 Å². The summed E-state index contributed by atoms with van der Waals surface area (Å²) in [5.41, 5.74) is 2.21. The van der Waals surface area contributed by atoms with Gasteiger partial charge in [-0.2, -0.15) is 0 Å². The highest BCUT2D eigenvalue weighted by atomic mass is 32.1. The number of thiocarbonyl (C=S) groups is 1. The van der Waals surface area contributed by atoms with Gasteiger partial charge in [-0.1, -0.05) is 60.7 Å². The molecule has 2 aromatic carbocycles. The summed E-state index contributed by atoms with van der Waals surface area (Å²) < 4.78 is 10.6. The van der Waals surface area contributed by atoms with Gasteiger partial charge in [0, 0.05) is 6.54 Å². The number of nitrogens with one attached hydrogen (secondary N) is 1. The molecule has 156 valence electrons. The molecule has 0 aliphatic rings. The molecule has 1 heterocycles. The van der Waals surface area contributed by atoms with Crippen molar-refractivity contribution in [2.24, 2.45) is 0 Å². The lowest BCUT2D eigenvalue weighted by molar-refractivity contribution is -0.143. The quantitative estimate of drug-likeness (QED) is 0.399. The molecule has 0 saturated carbocycles. The molecule has 0 unspecified atom stereocenters. The predicted molar refractivity (Wildman–Crippen MR) is 121 cm³/mol. The first-order valence-electron chi connectivity index (χ1n) is 10.0. The lowest BCUT2D eigenvalue weighted by Crippen LogP contribution is -2.42. The molecule has 0 amide bonds. The van der Waals surface area contributed by atoms with Gasteiger partial charge in [0.15, 0.2) is 5.11 Å². The molecule has 6 heteroatoms. The fourth-order valence-electron chi connectivity index (χ4n) is 3.17. The molecule has 0 saturated heterocycles. The summed E-state index contributed by atoms with van der Waals surface area (Å²) in [5, 5.41) is 4.03. The first-order valence-corrected chi connectivity index (χ1v) is 10.4. The summed E-state index contributed by atoms with van der Waals surface area (Å²) in [7, 11) is 0. The van der Waals surface area contributed by atoms with E-state index >= 15 is 0 Å². The lowest BCUT2D eigenvalue weighted by atomic mass is 9.99. The van der Waals surface area contributed by atoms with Crippen molar-refractivity contribution >= 4 is 23.3 Å². The zero-order chi connectivity index (χ0) is 21.2. The number of hydrogen-bond acceptors (Lipinski definition) is 4. The zero-order valence-electron chi connectivity index (χ0n) is 17.0. The third-order valence-corrected chi connectivity index (χ3v) is 5.01. The summed E-state index contributed by atoms with van der Waals surface area (Å²) in [6, 6.07) is 23.9. The Kier molecular flexibility index (Phi) is 8.03. The maximum absolute atomic E-state index is 11.9. The van der Waals surface area contributed by atoms with Gasteiger partial charge in [-0.05, 0) is 42.4 Å². The summed E-state index contributed by atoms with van der Waals surface area (Å²) in [5.74, 6) is 0.534. The fourth-order valence-corrected chi connectivity index (χ4v) is 3.44. The van der Waals surface area contributed by atoms with Gasteiger partial charge in [0.05, 0.1) is 31.9 Å². The molecule has 0 fully saturated rings. The van der Waals surface area contributed by atoms with E-state index < -0.39 is 0 Å². The van der Waals surface area contributed by atoms with Crippen LogP contribution in [0.3, 0.4) is 0 Å². The second-order valence-corrected chi connectivity index (χ2v) is 7.15. The molecule has 30 heavy (non-hydrogen) atoms. The van der Waals surface area contributed by atoms with Crippen LogP contribution in [0.15, 0.2) is 83.5 Å². The monoisotopic (exact) mass is 422 g/mol. The van der Waals surface area contributed by atoms with Crippen LogP contribution in [-0.4, -0.2) is 29.1 Å². The highest BCUT2D eigenvalue weighted by molar-refractivity contribution is 7.80. The maximum atomic E-state index is 11.9. The SMILES string of the molecule is CCOC(=O)CCN(Cc1ccco1)C(=S)NC(c1ccccc1)c1ccccc1. The van der Waals surface area contributed by atoms with Gasteiger partial charge in [-0.15, -0.1) is 0 Å². The minimum atomic E-state index is -0.243. The maximum Gasteiger partial charge on any atom is 0.307 e. The van der Waals surface area contributed by atoms with E-state index in [1.807, 2.05) is 53.4 Å². The molecule has 1 aromatic heterocycles. The van der Waals surface area contributed by atoms with E-state index in [1.165, 1.54) is 0 Å². The topological polar surface area (TPSA) is 54.7 Å². The number of ether oxygens (including phenoxy) is 1. The Bertz CT molecular complexity index is 875. The summed E-state index contributed by atoms with van der Waals surface area (Å²) >= 11 is 5.76. The molecule has 3 rings (SSSR count). The highest BCUT2D eigenvalue weighted by Crippen LogP contribution is 2.22. The molecular formula is C24H26N2O3S. The van der Waals surface area contributed by atoms with Crippen molar-refractivity contribution in [3.63, 3.8) is 0 Å². The van der Waals surface area contributed by atoms with Crippen molar-refractivity contribution in [3.05, 3.63) is 95.9 Å². The number of rotatable bonds is 9. The van der Waals surface area contributed by atoms with Crippen LogP contribution in [0.4, 0.5) is 0 Å². The van der Waals surface area contributed by atoms with E-state index in [0.29, 0.717) is 24.8 Å².